The molecule has 0 aliphatic heterocycles. The minimum Gasteiger partial charge on any atom is -0.577 e. The predicted molar refractivity (Wildman–Crippen MR) is 212 cm³/mol. The largest absolute Gasteiger partial charge is 1.20 e. The van der Waals surface area contributed by atoms with Crippen molar-refractivity contribution in [3.8, 4) is 39.5 Å². The lowest BCUT2D eigenvalue weighted by Gasteiger charge is -2.20. The molecule has 6 aromatic carbocycles. The molecule has 6 heteroatoms. The van der Waals surface area contributed by atoms with E-state index in [4.69, 9.17) is 21.3 Å². The highest BCUT2D eigenvalue weighted by Crippen LogP contribution is 2.38. The monoisotopic (exact) mass is 692 g/mol. The second-order valence-electron chi connectivity index (χ2n) is 13.6. The predicted octanol–water partition coefficient (Wildman–Crippen LogP) is 11.3. The molecule has 0 saturated heterocycles. The van der Waals surface area contributed by atoms with Crippen LogP contribution in [0.4, 0.5) is 0 Å². The van der Waals surface area contributed by atoms with Crippen molar-refractivity contribution in [3.05, 3.63) is 162 Å². The lowest BCUT2D eigenvalue weighted by atomic mass is 9.85. The van der Waals surface area contributed by atoms with E-state index >= 15 is 0 Å². The molecule has 1 aliphatic rings. The van der Waals surface area contributed by atoms with Crippen LogP contribution >= 0.6 is 0 Å². The van der Waals surface area contributed by atoms with Gasteiger partial charge in [-0.3, -0.25) is 0 Å². The molecule has 9 rings (SSSR count). The van der Waals surface area contributed by atoms with Gasteiger partial charge in [-0.25, -0.2) is 9.97 Å². The van der Waals surface area contributed by atoms with Crippen LogP contribution in [-0.4, -0.2) is 25.1 Å². The van der Waals surface area contributed by atoms with Gasteiger partial charge >= 0.3 is 15.1 Å². The summed E-state index contributed by atoms with van der Waals surface area (Å²) in [5.41, 5.74) is 11.3. The lowest BCUT2D eigenvalue weighted by molar-refractivity contribution is 0.311. The maximum absolute atomic E-state index is 6.85. The number of aromatic nitrogens is 2. The van der Waals surface area contributed by atoms with Gasteiger partial charge in [0.25, 0.3) is 0 Å². The highest BCUT2D eigenvalue weighted by molar-refractivity contribution is 6.40. The summed E-state index contributed by atoms with van der Waals surface area (Å²) in [4.78, 5) is 9.64. The van der Waals surface area contributed by atoms with Crippen molar-refractivity contribution in [1.29, 1.82) is 0 Å². The average Bonchev–Trinajstić information content (AvgIpc) is 3.18. The van der Waals surface area contributed by atoms with Crippen molar-refractivity contribution in [2.45, 2.75) is 39.5 Å². The van der Waals surface area contributed by atoms with Gasteiger partial charge in [0.15, 0.2) is 0 Å². The Balaban J connectivity index is 1.09. The molecule has 2 aromatic heterocycles. The molecule has 252 valence electrons. The molecular formula is C46H37AlN2O3. The number of pyridine rings is 2. The number of para-hydroxylation sites is 2. The fourth-order valence-electron chi connectivity index (χ4n) is 7.52. The third-order valence-corrected chi connectivity index (χ3v) is 11.4. The molecule has 0 amide bonds. The maximum Gasteiger partial charge on any atom is 1.20 e. The molecule has 0 atom stereocenters. The average molecular weight is 693 g/mol. The first-order valence-corrected chi connectivity index (χ1v) is 19.4. The van der Waals surface area contributed by atoms with Gasteiger partial charge in [-0.2, -0.15) is 0 Å². The van der Waals surface area contributed by atoms with E-state index in [1.807, 2.05) is 74.5 Å². The molecule has 0 N–H and O–H groups in total. The van der Waals surface area contributed by atoms with Crippen molar-refractivity contribution < 1.29 is 11.4 Å². The highest BCUT2D eigenvalue weighted by atomic mass is 27.3. The van der Waals surface area contributed by atoms with E-state index in [0.29, 0.717) is 17.2 Å². The van der Waals surface area contributed by atoms with Crippen molar-refractivity contribution in [1.82, 2.24) is 9.97 Å². The molecule has 0 spiro atoms. The molecule has 5 nitrogen and oxygen atoms in total. The zero-order chi connectivity index (χ0) is 35.0. The summed E-state index contributed by atoms with van der Waals surface area (Å²) in [5.74, 6) is 1.96. The Morgan fingerprint density at radius 2 is 1.04 bits per heavy atom. The van der Waals surface area contributed by atoms with Crippen LogP contribution in [0.25, 0.3) is 54.8 Å². The molecule has 2 heterocycles. The Morgan fingerprint density at radius 3 is 1.71 bits per heavy atom. The van der Waals surface area contributed by atoms with Crippen LogP contribution in [-0.2, 0) is 12.8 Å². The van der Waals surface area contributed by atoms with Gasteiger partial charge in [0, 0.05) is 27.5 Å². The second-order valence-corrected chi connectivity index (χ2v) is 14.9. The maximum atomic E-state index is 6.85. The van der Waals surface area contributed by atoms with E-state index in [2.05, 4.69) is 78.9 Å². The quantitative estimate of drug-likeness (QED) is 0.148. The van der Waals surface area contributed by atoms with E-state index in [-0.39, 0.29) is 0 Å². The zero-order valence-corrected chi connectivity index (χ0v) is 30.5. The highest BCUT2D eigenvalue weighted by Gasteiger charge is 2.46. The lowest BCUT2D eigenvalue weighted by Crippen LogP contribution is -2.37. The van der Waals surface area contributed by atoms with Gasteiger partial charge in [0.2, 0.25) is 0 Å². The Bertz CT molecular complexity index is 2520. The van der Waals surface area contributed by atoms with Crippen molar-refractivity contribution in [2.75, 3.05) is 0 Å². The van der Waals surface area contributed by atoms with Crippen LogP contribution in [0.15, 0.2) is 140 Å². The fraction of sp³-hybridized carbons (Fsp3) is 0.130. The summed E-state index contributed by atoms with van der Waals surface area (Å²) in [7, 11) is 0. The topological polar surface area (TPSA) is 53.5 Å². The van der Waals surface area contributed by atoms with Gasteiger partial charge in [-0.05, 0) is 109 Å². The van der Waals surface area contributed by atoms with Crippen LogP contribution < -0.4 is 11.4 Å². The van der Waals surface area contributed by atoms with E-state index in [1.54, 1.807) is 0 Å². The Kier molecular flexibility index (Phi) is 8.56. The first kappa shape index (κ1) is 32.3. The summed E-state index contributed by atoms with van der Waals surface area (Å²) in [6.45, 7) is 3.97. The Labute approximate surface area is 308 Å². The van der Waals surface area contributed by atoms with Crippen LogP contribution in [0.3, 0.4) is 0 Å². The number of rotatable bonds is 8. The number of nitrogens with zero attached hydrogens (tertiary/aromatic N) is 2. The molecule has 0 saturated carbocycles. The fourth-order valence-corrected chi connectivity index (χ4v) is 8.87. The summed E-state index contributed by atoms with van der Waals surface area (Å²) >= 11 is -2.99. The Hall–Kier alpha value is -5.67. The van der Waals surface area contributed by atoms with Crippen LogP contribution in [0.1, 0.15) is 35.4 Å². The third kappa shape index (κ3) is 6.26. The SMILES string of the molecule is Cc1ccc2cccc([O][Al]([O]c3ccc(-c4ccc(-c5cccc6c5CCCC6)cc4)c4ccccc34)[O]c3cccc4ccc(C)nc34)c2n1. The standard InChI is InChI=1S/C26H22O.2C10H9NO.Al/c27-26-17-16-23(24-9-3-4-10-25(24)26)20-14-12-19(13-15-20)22-11-5-7-18-6-1-2-8-21(18)22;2*1-7-5-6-8-3-2-4-9(12)10(8)11-7;/h3-5,7,9-17,27H,1-2,6,8H2;2*2-6,12H,1H3;/q;;;+3/p-3. The molecule has 0 fully saturated rings. The number of hydrogen-bond acceptors (Lipinski definition) is 5. The van der Waals surface area contributed by atoms with Crippen LogP contribution in [0.5, 0.6) is 17.2 Å². The number of benzene rings is 6. The first-order valence-electron chi connectivity index (χ1n) is 18.0. The van der Waals surface area contributed by atoms with Gasteiger partial charge in [-0.15, -0.1) is 0 Å². The first-order chi connectivity index (χ1) is 25.6. The minimum atomic E-state index is -2.99. The molecular weight excluding hydrogens is 655 g/mol. The third-order valence-electron chi connectivity index (χ3n) is 10.1. The summed E-state index contributed by atoms with van der Waals surface area (Å²) in [6, 6.07) is 48.4. The number of aryl methyl sites for hydroxylation is 3. The van der Waals surface area contributed by atoms with Crippen molar-refractivity contribution in [3.63, 3.8) is 0 Å². The van der Waals surface area contributed by atoms with Crippen LogP contribution in [0, 0.1) is 13.8 Å². The molecule has 0 radical (unpaired) electrons. The normalized spacial score (nSPS) is 12.5. The smallest absolute Gasteiger partial charge is 0.577 e. The van der Waals surface area contributed by atoms with Gasteiger partial charge < -0.3 is 11.4 Å². The summed E-state index contributed by atoms with van der Waals surface area (Å²) in [5, 5.41) is 4.07. The van der Waals surface area contributed by atoms with E-state index in [1.165, 1.54) is 41.5 Å². The zero-order valence-electron chi connectivity index (χ0n) is 29.3. The van der Waals surface area contributed by atoms with Crippen molar-refractivity contribution >= 4 is 47.7 Å². The van der Waals surface area contributed by atoms with Gasteiger partial charge in [0.05, 0.1) is 5.75 Å². The summed E-state index contributed by atoms with van der Waals surface area (Å²) in [6.07, 6.45) is 4.88. The van der Waals surface area contributed by atoms with E-state index in [9.17, 15) is 0 Å². The summed E-state index contributed by atoms with van der Waals surface area (Å²) < 4.78 is 20.3. The van der Waals surface area contributed by atoms with Crippen LogP contribution in [0.2, 0.25) is 0 Å². The molecule has 52 heavy (non-hydrogen) atoms. The molecule has 0 unspecified atom stereocenters. The van der Waals surface area contributed by atoms with E-state index in [0.717, 1.165) is 61.5 Å². The van der Waals surface area contributed by atoms with Gasteiger partial charge in [0.1, 0.15) is 22.5 Å². The van der Waals surface area contributed by atoms with Crippen molar-refractivity contribution in [2.24, 2.45) is 0 Å². The second kappa shape index (κ2) is 13.8. The molecule has 1 aliphatic carbocycles. The molecule has 0 bridgehead atoms. The number of fused-ring (bicyclic) bond motifs is 4. The molecule has 8 aromatic rings. The number of hydrogen-bond donors (Lipinski definition) is 0. The van der Waals surface area contributed by atoms with Gasteiger partial charge in [-0.1, -0.05) is 109 Å². The Morgan fingerprint density at radius 1 is 0.462 bits per heavy atom. The van der Waals surface area contributed by atoms with E-state index < -0.39 is 15.1 Å². The minimum absolute atomic E-state index is 0.628.